The predicted molar refractivity (Wildman–Crippen MR) is 87.5 cm³/mol. The number of hydrogen-bond donors (Lipinski definition) is 2. The summed E-state index contributed by atoms with van der Waals surface area (Å²) in [5, 5.41) is 17.8. The summed E-state index contributed by atoms with van der Waals surface area (Å²) in [5.74, 6) is 0.288. The van der Waals surface area contributed by atoms with Crippen molar-refractivity contribution < 1.29 is 9.53 Å². The van der Waals surface area contributed by atoms with Crippen molar-refractivity contribution in [3.05, 3.63) is 47.9 Å². The summed E-state index contributed by atoms with van der Waals surface area (Å²) in [6, 6.07) is 9.08. The van der Waals surface area contributed by atoms with Crippen molar-refractivity contribution in [1.82, 2.24) is 30.5 Å². The third-order valence-electron chi connectivity index (χ3n) is 3.61. The van der Waals surface area contributed by atoms with Gasteiger partial charge >= 0.3 is 0 Å². The molecule has 0 aliphatic carbocycles. The van der Waals surface area contributed by atoms with Gasteiger partial charge < -0.3 is 10.1 Å². The minimum absolute atomic E-state index is 0.239. The van der Waals surface area contributed by atoms with Crippen molar-refractivity contribution in [1.29, 1.82) is 0 Å². The second-order valence-electron chi connectivity index (χ2n) is 5.34. The zero-order chi connectivity index (χ0) is 17.1. The van der Waals surface area contributed by atoms with Gasteiger partial charge in [-0.2, -0.15) is 20.5 Å². The van der Waals surface area contributed by atoms with Gasteiger partial charge in [-0.1, -0.05) is 30.3 Å². The van der Waals surface area contributed by atoms with Crippen LogP contribution in [-0.4, -0.2) is 38.2 Å². The lowest BCUT2D eigenvalue weighted by Gasteiger charge is -2.12. The van der Waals surface area contributed by atoms with Crippen LogP contribution in [0.15, 0.2) is 36.5 Å². The van der Waals surface area contributed by atoms with Crippen LogP contribution < -0.4 is 10.1 Å². The van der Waals surface area contributed by atoms with E-state index in [2.05, 4.69) is 25.8 Å². The number of H-pyrrole nitrogens is 1. The van der Waals surface area contributed by atoms with Gasteiger partial charge in [-0.25, -0.2) is 0 Å². The molecule has 1 aromatic carbocycles. The van der Waals surface area contributed by atoms with Gasteiger partial charge in [-0.05, 0) is 6.92 Å². The number of amides is 1. The molecule has 1 unspecified atom stereocenters. The normalized spacial score (nSPS) is 12.0. The van der Waals surface area contributed by atoms with Crippen molar-refractivity contribution in [3.63, 3.8) is 0 Å². The number of ether oxygens (including phenoxy) is 1. The minimum atomic E-state index is -0.339. The van der Waals surface area contributed by atoms with E-state index in [-0.39, 0.29) is 17.6 Å². The SMILES string of the molecule is COc1cn(C)nc1C(C)NC(=O)c1n[nH]nc1-c1ccccc1. The molecule has 2 N–H and O–H groups in total. The molecule has 0 bridgehead atoms. The standard InChI is InChI=1S/C16H18N6O2/c1-10(13-12(24-3)9-22(2)20-13)17-16(23)15-14(18-21-19-15)11-7-5-4-6-8-11/h4-10H,1-3H3,(H,17,23)(H,18,19,21). The van der Waals surface area contributed by atoms with Crippen molar-refractivity contribution >= 4 is 5.91 Å². The lowest BCUT2D eigenvalue weighted by atomic mass is 10.1. The number of aromatic nitrogens is 5. The molecule has 0 saturated heterocycles. The number of hydrogen-bond acceptors (Lipinski definition) is 5. The molecule has 0 fully saturated rings. The van der Waals surface area contributed by atoms with Gasteiger partial charge in [0.15, 0.2) is 11.4 Å². The van der Waals surface area contributed by atoms with Gasteiger partial charge in [0.1, 0.15) is 11.4 Å². The highest BCUT2D eigenvalue weighted by Gasteiger charge is 2.22. The van der Waals surface area contributed by atoms with Crippen LogP contribution in [0.5, 0.6) is 5.75 Å². The molecule has 0 saturated carbocycles. The molecule has 3 rings (SSSR count). The largest absolute Gasteiger partial charge is 0.493 e. The zero-order valence-corrected chi connectivity index (χ0v) is 13.6. The summed E-state index contributed by atoms with van der Waals surface area (Å²) >= 11 is 0. The molecule has 1 atom stereocenters. The van der Waals surface area contributed by atoms with E-state index in [1.165, 1.54) is 0 Å². The second kappa shape index (κ2) is 6.53. The molecule has 24 heavy (non-hydrogen) atoms. The number of carbonyl (C=O) groups is 1. The smallest absolute Gasteiger partial charge is 0.274 e. The molecular formula is C16H18N6O2. The summed E-state index contributed by atoms with van der Waals surface area (Å²) in [7, 11) is 3.37. The maximum atomic E-state index is 12.6. The van der Waals surface area contributed by atoms with Crippen LogP contribution >= 0.6 is 0 Å². The molecule has 124 valence electrons. The Hall–Kier alpha value is -3.16. The van der Waals surface area contributed by atoms with Crippen LogP contribution in [0.1, 0.15) is 29.1 Å². The van der Waals surface area contributed by atoms with Crippen molar-refractivity contribution in [2.75, 3.05) is 7.11 Å². The van der Waals surface area contributed by atoms with E-state index in [0.717, 1.165) is 5.56 Å². The van der Waals surface area contributed by atoms with Crippen LogP contribution in [-0.2, 0) is 7.05 Å². The quantitative estimate of drug-likeness (QED) is 0.744. The number of rotatable bonds is 5. The van der Waals surface area contributed by atoms with E-state index >= 15 is 0 Å². The summed E-state index contributed by atoms with van der Waals surface area (Å²) in [5.41, 5.74) is 2.22. The van der Waals surface area contributed by atoms with Gasteiger partial charge in [0, 0.05) is 12.6 Å². The monoisotopic (exact) mass is 326 g/mol. The average molecular weight is 326 g/mol. The third-order valence-corrected chi connectivity index (χ3v) is 3.61. The lowest BCUT2D eigenvalue weighted by molar-refractivity contribution is 0.0934. The number of nitrogens with zero attached hydrogens (tertiary/aromatic N) is 4. The summed E-state index contributed by atoms with van der Waals surface area (Å²) in [4.78, 5) is 12.6. The third kappa shape index (κ3) is 2.98. The molecule has 8 heteroatoms. The van der Waals surface area contributed by atoms with E-state index in [9.17, 15) is 4.79 Å². The van der Waals surface area contributed by atoms with Crippen LogP contribution in [0.25, 0.3) is 11.3 Å². The fourth-order valence-corrected chi connectivity index (χ4v) is 2.46. The first-order valence-corrected chi connectivity index (χ1v) is 7.44. The Labute approximate surface area is 138 Å². The molecule has 1 amide bonds. The van der Waals surface area contributed by atoms with Gasteiger partial charge in [0.2, 0.25) is 0 Å². The molecule has 8 nitrogen and oxygen atoms in total. The van der Waals surface area contributed by atoms with Crippen molar-refractivity contribution in [2.45, 2.75) is 13.0 Å². The fraction of sp³-hybridized carbons (Fsp3) is 0.250. The minimum Gasteiger partial charge on any atom is -0.493 e. The van der Waals surface area contributed by atoms with E-state index in [0.29, 0.717) is 17.1 Å². The fourth-order valence-electron chi connectivity index (χ4n) is 2.46. The Bertz CT molecular complexity index is 839. The second-order valence-corrected chi connectivity index (χ2v) is 5.34. The lowest BCUT2D eigenvalue weighted by Crippen LogP contribution is -2.28. The Balaban J connectivity index is 1.82. The number of aryl methyl sites for hydroxylation is 1. The predicted octanol–water partition coefficient (Wildman–Crippen LogP) is 1.70. The van der Waals surface area contributed by atoms with Crippen LogP contribution in [0.3, 0.4) is 0 Å². The van der Waals surface area contributed by atoms with Gasteiger partial charge in [-0.15, -0.1) is 0 Å². The molecule has 0 radical (unpaired) electrons. The molecule has 2 heterocycles. The van der Waals surface area contributed by atoms with Crippen molar-refractivity contribution in [3.8, 4) is 17.0 Å². The highest BCUT2D eigenvalue weighted by Crippen LogP contribution is 2.24. The highest BCUT2D eigenvalue weighted by atomic mass is 16.5. The molecule has 2 aromatic heterocycles. The van der Waals surface area contributed by atoms with Gasteiger partial charge in [0.25, 0.3) is 5.91 Å². The Kier molecular flexibility index (Phi) is 4.28. The van der Waals surface area contributed by atoms with Crippen LogP contribution in [0.2, 0.25) is 0 Å². The number of methoxy groups -OCH3 is 1. The van der Waals surface area contributed by atoms with Gasteiger partial charge in [0.05, 0.1) is 19.3 Å². The average Bonchev–Trinajstić information content (AvgIpc) is 3.22. The topological polar surface area (TPSA) is 97.7 Å². The molecule has 3 aromatic rings. The Morgan fingerprint density at radius 3 is 2.75 bits per heavy atom. The van der Waals surface area contributed by atoms with E-state index in [1.54, 1.807) is 25.0 Å². The first kappa shape index (κ1) is 15.7. The van der Waals surface area contributed by atoms with Gasteiger partial charge in [-0.3, -0.25) is 9.48 Å². The van der Waals surface area contributed by atoms with E-state index < -0.39 is 0 Å². The Morgan fingerprint density at radius 2 is 2.04 bits per heavy atom. The molecule has 0 aliphatic rings. The number of aromatic amines is 1. The van der Waals surface area contributed by atoms with E-state index in [4.69, 9.17) is 4.74 Å². The molecular weight excluding hydrogens is 308 g/mol. The molecule has 0 spiro atoms. The number of benzene rings is 1. The Morgan fingerprint density at radius 1 is 1.29 bits per heavy atom. The summed E-state index contributed by atoms with van der Waals surface area (Å²) in [6.07, 6.45) is 1.75. The maximum absolute atomic E-state index is 12.6. The van der Waals surface area contributed by atoms with Crippen LogP contribution in [0.4, 0.5) is 0 Å². The van der Waals surface area contributed by atoms with E-state index in [1.807, 2.05) is 37.3 Å². The first-order valence-electron chi connectivity index (χ1n) is 7.44. The van der Waals surface area contributed by atoms with Crippen LogP contribution in [0, 0.1) is 0 Å². The summed E-state index contributed by atoms with van der Waals surface area (Å²) < 4.78 is 6.93. The zero-order valence-electron chi connectivity index (χ0n) is 13.6. The highest BCUT2D eigenvalue weighted by molar-refractivity contribution is 5.98. The van der Waals surface area contributed by atoms with Crippen molar-refractivity contribution in [2.24, 2.45) is 7.05 Å². The maximum Gasteiger partial charge on any atom is 0.274 e. The molecule has 0 aliphatic heterocycles. The first-order chi connectivity index (χ1) is 11.6. The number of carbonyl (C=O) groups excluding carboxylic acids is 1. The number of nitrogens with one attached hydrogen (secondary N) is 2. The summed E-state index contributed by atoms with van der Waals surface area (Å²) in [6.45, 7) is 1.84.